The molecule has 3 atom stereocenters. The van der Waals surface area contributed by atoms with Crippen LogP contribution in [0.5, 0.6) is 5.75 Å². The molecule has 1 saturated carbocycles. The van der Waals surface area contributed by atoms with Gasteiger partial charge in [0.25, 0.3) is 0 Å². The molecular weight excluding hydrogens is 262 g/mol. The van der Waals surface area contributed by atoms with Gasteiger partial charge in [0.2, 0.25) is 0 Å². The molecule has 1 aromatic carbocycles. The first-order valence-electron chi connectivity index (χ1n) is 8.08. The second kappa shape index (κ2) is 7.28. The Morgan fingerprint density at radius 3 is 2.67 bits per heavy atom. The molecule has 1 fully saturated rings. The molecule has 0 amide bonds. The van der Waals surface area contributed by atoms with Crippen LogP contribution in [0, 0.1) is 5.92 Å². The second-order valence-electron chi connectivity index (χ2n) is 6.49. The van der Waals surface area contributed by atoms with Crippen LogP contribution in [-0.4, -0.2) is 30.2 Å². The Balaban J connectivity index is 2.14. The Morgan fingerprint density at radius 1 is 1.33 bits per heavy atom. The van der Waals surface area contributed by atoms with Crippen LogP contribution in [0.25, 0.3) is 0 Å². The molecule has 0 aliphatic heterocycles. The van der Waals surface area contributed by atoms with Crippen molar-refractivity contribution in [1.82, 2.24) is 4.90 Å². The summed E-state index contributed by atoms with van der Waals surface area (Å²) in [6.45, 7) is 5.04. The van der Waals surface area contributed by atoms with E-state index in [1.165, 1.54) is 25.7 Å². The highest BCUT2D eigenvalue weighted by Crippen LogP contribution is 2.30. The van der Waals surface area contributed by atoms with Gasteiger partial charge in [-0.2, -0.15) is 0 Å². The molecule has 1 N–H and O–H groups in total. The lowest BCUT2D eigenvalue weighted by atomic mass is 9.85. The van der Waals surface area contributed by atoms with Gasteiger partial charge in [0.1, 0.15) is 5.75 Å². The zero-order valence-electron chi connectivity index (χ0n) is 13.8. The Labute approximate surface area is 128 Å². The van der Waals surface area contributed by atoms with Crippen molar-refractivity contribution in [3.8, 4) is 5.75 Å². The maximum Gasteiger partial charge on any atom is 0.123 e. The first-order chi connectivity index (χ1) is 10.0. The van der Waals surface area contributed by atoms with Gasteiger partial charge in [0.15, 0.2) is 0 Å². The molecule has 2 rings (SSSR count). The fourth-order valence-electron chi connectivity index (χ4n) is 3.52. The zero-order chi connectivity index (χ0) is 15.4. The molecule has 3 nitrogen and oxygen atoms in total. The van der Waals surface area contributed by atoms with Crippen molar-refractivity contribution < 1.29 is 9.84 Å². The van der Waals surface area contributed by atoms with Gasteiger partial charge in [-0.05, 0) is 50.4 Å². The number of methoxy groups -OCH3 is 1. The van der Waals surface area contributed by atoms with Crippen molar-refractivity contribution in [3.05, 3.63) is 29.3 Å². The van der Waals surface area contributed by atoms with Crippen LogP contribution in [0.1, 0.15) is 56.8 Å². The van der Waals surface area contributed by atoms with Crippen molar-refractivity contribution in [2.24, 2.45) is 5.92 Å². The fourth-order valence-corrected chi connectivity index (χ4v) is 3.52. The summed E-state index contributed by atoms with van der Waals surface area (Å²) in [5.41, 5.74) is 2.12. The number of aliphatic hydroxyl groups excluding tert-OH is 1. The maximum atomic E-state index is 9.78. The molecule has 1 aliphatic rings. The molecule has 3 unspecified atom stereocenters. The quantitative estimate of drug-likeness (QED) is 0.896. The summed E-state index contributed by atoms with van der Waals surface area (Å²) in [5, 5.41) is 9.78. The van der Waals surface area contributed by atoms with E-state index in [9.17, 15) is 5.11 Å². The normalized spacial score (nSPS) is 24.1. The third-order valence-electron chi connectivity index (χ3n) is 4.84. The van der Waals surface area contributed by atoms with Crippen molar-refractivity contribution in [3.63, 3.8) is 0 Å². The van der Waals surface area contributed by atoms with E-state index in [-0.39, 0.29) is 0 Å². The van der Waals surface area contributed by atoms with Crippen LogP contribution in [0.2, 0.25) is 0 Å². The number of nitrogens with zero attached hydrogens (tertiary/aromatic N) is 1. The minimum atomic E-state index is -0.437. The largest absolute Gasteiger partial charge is 0.496 e. The minimum Gasteiger partial charge on any atom is -0.496 e. The van der Waals surface area contributed by atoms with Gasteiger partial charge in [0.05, 0.1) is 13.2 Å². The monoisotopic (exact) mass is 291 g/mol. The first-order valence-corrected chi connectivity index (χ1v) is 8.08. The van der Waals surface area contributed by atoms with Gasteiger partial charge < -0.3 is 9.84 Å². The van der Waals surface area contributed by atoms with Crippen LogP contribution in [0.4, 0.5) is 0 Å². The Morgan fingerprint density at radius 2 is 2.05 bits per heavy atom. The molecule has 3 heteroatoms. The third-order valence-corrected chi connectivity index (χ3v) is 4.84. The maximum absolute atomic E-state index is 9.78. The highest BCUT2D eigenvalue weighted by Gasteiger charge is 2.25. The van der Waals surface area contributed by atoms with E-state index in [1.807, 2.05) is 12.1 Å². The molecule has 21 heavy (non-hydrogen) atoms. The summed E-state index contributed by atoms with van der Waals surface area (Å²) in [5.74, 6) is 1.67. The van der Waals surface area contributed by atoms with Gasteiger partial charge in [-0.15, -0.1) is 0 Å². The van der Waals surface area contributed by atoms with Gasteiger partial charge >= 0.3 is 0 Å². The van der Waals surface area contributed by atoms with E-state index in [1.54, 1.807) is 14.0 Å². The highest BCUT2D eigenvalue weighted by molar-refractivity contribution is 5.38. The molecule has 0 saturated heterocycles. The lowest BCUT2D eigenvalue weighted by Gasteiger charge is -2.36. The van der Waals surface area contributed by atoms with E-state index in [2.05, 4.69) is 24.9 Å². The fraction of sp³-hybridized carbons (Fsp3) is 0.667. The van der Waals surface area contributed by atoms with Crippen LogP contribution < -0.4 is 4.74 Å². The highest BCUT2D eigenvalue weighted by atomic mass is 16.5. The Hall–Kier alpha value is -1.06. The van der Waals surface area contributed by atoms with Crippen molar-refractivity contribution in [1.29, 1.82) is 0 Å². The van der Waals surface area contributed by atoms with E-state index in [4.69, 9.17) is 4.74 Å². The number of aliphatic hydroxyl groups is 1. The number of benzene rings is 1. The van der Waals surface area contributed by atoms with Gasteiger partial charge in [-0.3, -0.25) is 4.90 Å². The predicted octanol–water partition coefficient (Wildman–Crippen LogP) is 3.76. The molecule has 1 aliphatic carbocycles. The average molecular weight is 291 g/mol. The second-order valence-corrected chi connectivity index (χ2v) is 6.49. The first kappa shape index (κ1) is 16.3. The molecule has 118 valence electrons. The van der Waals surface area contributed by atoms with Crippen LogP contribution in [0.15, 0.2) is 18.2 Å². The standard InChI is InChI=1S/C18H29NO2/c1-13-7-5-6-8-17(13)19(3)12-16-11-15(14(2)20)9-10-18(16)21-4/h9-11,13-14,17,20H,5-8,12H2,1-4H3. The van der Waals surface area contributed by atoms with Crippen molar-refractivity contribution in [2.75, 3.05) is 14.2 Å². The lowest BCUT2D eigenvalue weighted by molar-refractivity contribution is 0.132. The van der Waals surface area contributed by atoms with Gasteiger partial charge in [-0.25, -0.2) is 0 Å². The summed E-state index contributed by atoms with van der Waals surface area (Å²) in [4.78, 5) is 2.45. The summed E-state index contributed by atoms with van der Waals surface area (Å²) >= 11 is 0. The summed E-state index contributed by atoms with van der Waals surface area (Å²) < 4.78 is 5.49. The molecule has 0 aromatic heterocycles. The lowest BCUT2D eigenvalue weighted by Crippen LogP contribution is -2.38. The topological polar surface area (TPSA) is 32.7 Å². The Bertz CT molecular complexity index is 459. The number of hydrogen-bond donors (Lipinski definition) is 1. The molecule has 1 aromatic rings. The minimum absolute atomic E-state index is 0.437. The van der Waals surface area contributed by atoms with Gasteiger partial charge in [-0.1, -0.05) is 25.8 Å². The number of hydrogen-bond acceptors (Lipinski definition) is 3. The van der Waals surface area contributed by atoms with E-state index in [0.29, 0.717) is 6.04 Å². The average Bonchev–Trinajstić information content (AvgIpc) is 2.47. The Kier molecular flexibility index (Phi) is 5.65. The van der Waals surface area contributed by atoms with E-state index >= 15 is 0 Å². The summed E-state index contributed by atoms with van der Waals surface area (Å²) in [6.07, 6.45) is 4.89. The number of rotatable bonds is 5. The van der Waals surface area contributed by atoms with Crippen LogP contribution >= 0.6 is 0 Å². The van der Waals surface area contributed by atoms with Crippen LogP contribution in [0.3, 0.4) is 0 Å². The molecular formula is C18H29NO2. The predicted molar refractivity (Wildman–Crippen MR) is 86.5 cm³/mol. The SMILES string of the molecule is COc1ccc(C(C)O)cc1CN(C)C1CCCCC1C. The third kappa shape index (κ3) is 3.98. The van der Waals surface area contributed by atoms with E-state index in [0.717, 1.165) is 29.3 Å². The van der Waals surface area contributed by atoms with E-state index < -0.39 is 6.10 Å². The molecule has 0 heterocycles. The van der Waals surface area contributed by atoms with Crippen molar-refractivity contribution in [2.45, 2.75) is 58.2 Å². The number of ether oxygens (including phenoxy) is 1. The summed E-state index contributed by atoms with van der Waals surface area (Å²) in [6, 6.07) is 6.64. The smallest absolute Gasteiger partial charge is 0.123 e. The van der Waals surface area contributed by atoms with Crippen molar-refractivity contribution >= 4 is 0 Å². The molecule has 0 bridgehead atoms. The van der Waals surface area contributed by atoms with Crippen LogP contribution in [-0.2, 0) is 6.54 Å². The molecule has 0 radical (unpaired) electrons. The summed E-state index contributed by atoms with van der Waals surface area (Å²) in [7, 11) is 3.92. The molecule has 0 spiro atoms. The zero-order valence-corrected chi connectivity index (χ0v) is 13.8. The van der Waals surface area contributed by atoms with Gasteiger partial charge in [0, 0.05) is 18.2 Å².